The minimum Gasteiger partial charge on any atom is -0.486 e. The van der Waals surface area contributed by atoms with Crippen molar-refractivity contribution in [3.05, 3.63) is 59.2 Å². The molecule has 0 saturated carbocycles. The predicted molar refractivity (Wildman–Crippen MR) is 72.7 cm³/mol. The first-order chi connectivity index (χ1) is 9.25. The number of hydrogen-bond acceptors (Lipinski definition) is 3. The van der Waals surface area contributed by atoms with Gasteiger partial charge in [-0.25, -0.2) is 0 Å². The van der Waals surface area contributed by atoms with Crippen LogP contribution < -0.4 is 9.47 Å². The van der Waals surface area contributed by atoms with Gasteiger partial charge in [0.15, 0.2) is 11.5 Å². The number of aliphatic hydroxyl groups is 1. The lowest BCUT2D eigenvalue weighted by atomic mass is 9.99. The molecule has 98 valence electrons. The lowest BCUT2D eigenvalue weighted by Gasteiger charge is -2.23. The van der Waals surface area contributed by atoms with E-state index in [2.05, 4.69) is 0 Å². The summed E-state index contributed by atoms with van der Waals surface area (Å²) in [7, 11) is 0. The number of fused-ring (bicyclic) bond motifs is 1. The van der Waals surface area contributed by atoms with Crippen molar-refractivity contribution in [2.24, 2.45) is 0 Å². The first-order valence-corrected chi connectivity index (χ1v) is 6.39. The van der Waals surface area contributed by atoms with Crippen molar-refractivity contribution in [1.29, 1.82) is 0 Å². The molecule has 1 aliphatic heterocycles. The fourth-order valence-electron chi connectivity index (χ4n) is 2.24. The maximum absolute atomic E-state index is 10.5. The fraction of sp³-hybridized carbons (Fsp3) is 0.250. The molecule has 1 N–H and O–H groups in total. The van der Waals surface area contributed by atoms with Crippen LogP contribution in [0.5, 0.6) is 11.5 Å². The van der Waals surface area contributed by atoms with Crippen molar-refractivity contribution in [2.75, 3.05) is 13.2 Å². The highest BCUT2D eigenvalue weighted by atomic mass is 16.6. The third-order valence-corrected chi connectivity index (χ3v) is 3.28. The van der Waals surface area contributed by atoms with E-state index in [4.69, 9.17) is 9.47 Å². The minimum atomic E-state index is -0.697. The molecule has 1 heterocycles. The van der Waals surface area contributed by atoms with Crippen LogP contribution in [0.1, 0.15) is 22.8 Å². The van der Waals surface area contributed by atoms with Gasteiger partial charge in [0.1, 0.15) is 19.3 Å². The van der Waals surface area contributed by atoms with Crippen molar-refractivity contribution in [2.45, 2.75) is 13.0 Å². The standard InChI is InChI=1S/C16H16O3/c1-11-5-7-12(8-6-11)15(17)13-3-2-4-14-16(13)19-10-9-18-14/h2-8,15,17H,9-10H2,1H3. The van der Waals surface area contributed by atoms with Gasteiger partial charge in [0.05, 0.1) is 0 Å². The van der Waals surface area contributed by atoms with E-state index in [9.17, 15) is 5.11 Å². The van der Waals surface area contributed by atoms with E-state index >= 15 is 0 Å². The van der Waals surface area contributed by atoms with Gasteiger partial charge in [0.25, 0.3) is 0 Å². The number of ether oxygens (including phenoxy) is 2. The Bertz CT molecular complexity index is 575. The average molecular weight is 256 g/mol. The van der Waals surface area contributed by atoms with Crippen LogP contribution in [0.15, 0.2) is 42.5 Å². The predicted octanol–water partition coefficient (Wildman–Crippen LogP) is 2.85. The van der Waals surface area contributed by atoms with Crippen molar-refractivity contribution >= 4 is 0 Å². The van der Waals surface area contributed by atoms with Crippen LogP contribution in [0.2, 0.25) is 0 Å². The van der Waals surface area contributed by atoms with Gasteiger partial charge in [-0.15, -0.1) is 0 Å². The topological polar surface area (TPSA) is 38.7 Å². The summed E-state index contributed by atoms with van der Waals surface area (Å²) in [5.41, 5.74) is 2.78. The van der Waals surface area contributed by atoms with E-state index < -0.39 is 6.10 Å². The summed E-state index contributed by atoms with van der Waals surface area (Å²) in [6.45, 7) is 3.10. The second kappa shape index (κ2) is 4.94. The normalized spacial score (nSPS) is 15.1. The van der Waals surface area contributed by atoms with Crippen LogP contribution in [0.25, 0.3) is 0 Å². The average Bonchev–Trinajstić information content (AvgIpc) is 2.47. The molecule has 19 heavy (non-hydrogen) atoms. The van der Waals surface area contributed by atoms with Crippen molar-refractivity contribution in [3.8, 4) is 11.5 Å². The third-order valence-electron chi connectivity index (χ3n) is 3.28. The highest BCUT2D eigenvalue weighted by Gasteiger charge is 2.21. The molecule has 0 aliphatic carbocycles. The SMILES string of the molecule is Cc1ccc(C(O)c2cccc3c2OCCO3)cc1. The van der Waals surface area contributed by atoms with E-state index in [1.54, 1.807) is 0 Å². The molecule has 1 aliphatic rings. The van der Waals surface area contributed by atoms with Gasteiger partial charge in [-0.05, 0) is 18.6 Å². The highest BCUT2D eigenvalue weighted by Crippen LogP contribution is 2.38. The molecule has 3 heteroatoms. The molecule has 1 atom stereocenters. The molecule has 0 spiro atoms. The van der Waals surface area contributed by atoms with Crippen molar-refractivity contribution in [1.82, 2.24) is 0 Å². The van der Waals surface area contributed by atoms with Gasteiger partial charge >= 0.3 is 0 Å². The Morgan fingerprint density at radius 3 is 2.53 bits per heavy atom. The molecule has 0 fully saturated rings. The molecule has 0 bridgehead atoms. The zero-order chi connectivity index (χ0) is 13.2. The van der Waals surface area contributed by atoms with Crippen LogP contribution in [-0.2, 0) is 0 Å². The smallest absolute Gasteiger partial charge is 0.167 e. The summed E-state index contributed by atoms with van der Waals surface area (Å²) in [4.78, 5) is 0. The molecule has 0 saturated heterocycles. The van der Waals surface area contributed by atoms with Gasteiger partial charge in [0, 0.05) is 5.56 Å². The van der Waals surface area contributed by atoms with Crippen LogP contribution in [0.4, 0.5) is 0 Å². The first-order valence-electron chi connectivity index (χ1n) is 6.39. The molecule has 2 aromatic rings. The maximum atomic E-state index is 10.5. The number of aryl methyl sites for hydroxylation is 1. The number of rotatable bonds is 2. The van der Waals surface area contributed by atoms with Crippen LogP contribution in [0.3, 0.4) is 0 Å². The molecule has 2 aromatic carbocycles. The Balaban J connectivity index is 1.99. The van der Waals surface area contributed by atoms with E-state index in [1.807, 2.05) is 49.4 Å². The zero-order valence-electron chi connectivity index (χ0n) is 10.8. The quantitative estimate of drug-likeness (QED) is 0.898. The first kappa shape index (κ1) is 12.1. The van der Waals surface area contributed by atoms with Gasteiger partial charge in [-0.3, -0.25) is 0 Å². The van der Waals surface area contributed by atoms with Crippen LogP contribution in [0, 0.1) is 6.92 Å². The molecular weight excluding hydrogens is 240 g/mol. The molecular formula is C16H16O3. The van der Waals surface area contributed by atoms with Gasteiger partial charge < -0.3 is 14.6 Å². The Morgan fingerprint density at radius 1 is 1.00 bits per heavy atom. The summed E-state index contributed by atoms with van der Waals surface area (Å²) in [6, 6.07) is 13.5. The summed E-state index contributed by atoms with van der Waals surface area (Å²) in [5, 5.41) is 10.5. The number of hydrogen-bond donors (Lipinski definition) is 1. The van der Waals surface area contributed by atoms with Crippen LogP contribution >= 0.6 is 0 Å². The zero-order valence-corrected chi connectivity index (χ0v) is 10.8. The summed E-state index contributed by atoms with van der Waals surface area (Å²) in [6.07, 6.45) is -0.697. The number of aliphatic hydroxyl groups excluding tert-OH is 1. The van der Waals surface area contributed by atoms with E-state index in [1.165, 1.54) is 5.56 Å². The van der Waals surface area contributed by atoms with Crippen molar-refractivity contribution < 1.29 is 14.6 Å². The Morgan fingerprint density at radius 2 is 1.74 bits per heavy atom. The molecule has 0 radical (unpaired) electrons. The van der Waals surface area contributed by atoms with Gasteiger partial charge in [-0.2, -0.15) is 0 Å². The fourth-order valence-corrected chi connectivity index (χ4v) is 2.24. The van der Waals surface area contributed by atoms with E-state index in [-0.39, 0.29) is 0 Å². The molecule has 3 rings (SSSR count). The molecule has 3 nitrogen and oxygen atoms in total. The Kier molecular flexibility index (Phi) is 3.13. The second-order valence-electron chi connectivity index (χ2n) is 4.68. The van der Waals surface area contributed by atoms with Gasteiger partial charge in [0.2, 0.25) is 0 Å². The molecule has 1 unspecified atom stereocenters. The minimum absolute atomic E-state index is 0.518. The molecule has 0 aromatic heterocycles. The highest BCUT2D eigenvalue weighted by molar-refractivity contribution is 5.50. The summed E-state index contributed by atoms with van der Waals surface area (Å²) in [5.74, 6) is 1.36. The van der Waals surface area contributed by atoms with E-state index in [0.717, 1.165) is 11.1 Å². The maximum Gasteiger partial charge on any atom is 0.167 e. The largest absolute Gasteiger partial charge is 0.486 e. The third kappa shape index (κ3) is 2.29. The number of benzene rings is 2. The lowest BCUT2D eigenvalue weighted by molar-refractivity contribution is 0.158. The Hall–Kier alpha value is -2.00. The molecule has 0 amide bonds. The summed E-state index contributed by atoms with van der Waals surface area (Å²) < 4.78 is 11.2. The van der Waals surface area contributed by atoms with Crippen molar-refractivity contribution in [3.63, 3.8) is 0 Å². The second-order valence-corrected chi connectivity index (χ2v) is 4.68. The number of para-hydroxylation sites is 1. The lowest BCUT2D eigenvalue weighted by Crippen LogP contribution is -2.17. The van der Waals surface area contributed by atoms with Gasteiger partial charge in [-0.1, -0.05) is 42.0 Å². The Labute approximate surface area is 112 Å². The monoisotopic (exact) mass is 256 g/mol. The summed E-state index contributed by atoms with van der Waals surface area (Å²) >= 11 is 0. The van der Waals surface area contributed by atoms with E-state index in [0.29, 0.717) is 24.7 Å². The van der Waals surface area contributed by atoms with Crippen LogP contribution in [-0.4, -0.2) is 18.3 Å².